The van der Waals surface area contributed by atoms with Crippen molar-refractivity contribution in [2.75, 3.05) is 13.2 Å². The highest BCUT2D eigenvalue weighted by molar-refractivity contribution is 7.16. The number of fused-ring (bicyclic) bond motifs is 1. The Balaban J connectivity index is 2.03. The molecule has 2 aromatic carbocycles. The van der Waals surface area contributed by atoms with Crippen LogP contribution < -0.4 is 4.80 Å². The van der Waals surface area contributed by atoms with Crippen LogP contribution in [0.25, 0.3) is 10.2 Å². The Kier molecular flexibility index (Phi) is 5.55. The Morgan fingerprint density at radius 1 is 1.27 bits per heavy atom. The first-order valence-electron chi connectivity index (χ1n) is 8.09. The van der Waals surface area contributed by atoms with Gasteiger partial charge in [0.2, 0.25) is 0 Å². The Labute approximate surface area is 153 Å². The fourth-order valence-electron chi connectivity index (χ4n) is 2.53. The predicted molar refractivity (Wildman–Crippen MR) is 99.3 cm³/mol. The summed E-state index contributed by atoms with van der Waals surface area (Å²) in [6.45, 7) is 3.61. The van der Waals surface area contributed by atoms with Crippen LogP contribution in [-0.2, 0) is 11.3 Å². The van der Waals surface area contributed by atoms with E-state index in [0.29, 0.717) is 24.6 Å². The van der Waals surface area contributed by atoms with Crippen LogP contribution in [0.4, 0.5) is 5.69 Å². The first kappa shape index (κ1) is 18.0. The molecule has 134 valence electrons. The fourth-order valence-corrected chi connectivity index (χ4v) is 3.58. The number of hydrogen-bond acceptors (Lipinski definition) is 5. The monoisotopic (exact) mass is 371 g/mol. The summed E-state index contributed by atoms with van der Waals surface area (Å²) in [6.07, 6.45) is 0. The van der Waals surface area contributed by atoms with Gasteiger partial charge in [0.15, 0.2) is 4.80 Å². The molecule has 0 bridgehead atoms. The van der Waals surface area contributed by atoms with Crippen molar-refractivity contribution in [3.8, 4) is 0 Å². The van der Waals surface area contributed by atoms with Gasteiger partial charge in [-0.15, -0.1) is 0 Å². The van der Waals surface area contributed by atoms with Crippen molar-refractivity contribution < 1.29 is 14.5 Å². The molecule has 0 aliphatic carbocycles. The lowest BCUT2D eigenvalue weighted by atomic mass is 10.2. The largest absolute Gasteiger partial charge is 0.380 e. The topological polar surface area (TPSA) is 86.7 Å². The molecule has 0 aliphatic heterocycles. The smallest absolute Gasteiger partial charge is 0.279 e. The SMILES string of the molecule is CCOCCn1c(=NC(=O)c2cccc([N+](=O)[O-])c2)sc2ccccc21. The summed E-state index contributed by atoms with van der Waals surface area (Å²) in [5.74, 6) is -0.509. The third-order valence-electron chi connectivity index (χ3n) is 3.75. The lowest BCUT2D eigenvalue weighted by molar-refractivity contribution is -0.384. The lowest BCUT2D eigenvalue weighted by Crippen LogP contribution is -2.19. The molecule has 0 N–H and O–H groups in total. The van der Waals surface area contributed by atoms with Gasteiger partial charge in [0.05, 0.1) is 21.7 Å². The lowest BCUT2D eigenvalue weighted by Gasteiger charge is -2.05. The summed E-state index contributed by atoms with van der Waals surface area (Å²) in [5, 5.41) is 10.9. The van der Waals surface area contributed by atoms with Crippen LogP contribution in [0.5, 0.6) is 0 Å². The third-order valence-corrected chi connectivity index (χ3v) is 4.81. The van der Waals surface area contributed by atoms with Gasteiger partial charge >= 0.3 is 0 Å². The van der Waals surface area contributed by atoms with Gasteiger partial charge in [-0.25, -0.2) is 0 Å². The maximum Gasteiger partial charge on any atom is 0.279 e. The van der Waals surface area contributed by atoms with Crippen molar-refractivity contribution in [1.29, 1.82) is 0 Å². The second kappa shape index (κ2) is 8.03. The minimum Gasteiger partial charge on any atom is -0.380 e. The molecule has 0 radical (unpaired) electrons. The van der Waals surface area contributed by atoms with Crippen LogP contribution in [0.1, 0.15) is 17.3 Å². The highest BCUT2D eigenvalue weighted by Gasteiger charge is 2.12. The molecule has 7 nitrogen and oxygen atoms in total. The number of hydrogen-bond donors (Lipinski definition) is 0. The molecule has 3 aromatic rings. The summed E-state index contributed by atoms with van der Waals surface area (Å²) in [6, 6.07) is 13.4. The highest BCUT2D eigenvalue weighted by atomic mass is 32.1. The number of para-hydroxylation sites is 1. The number of non-ortho nitro benzene ring substituents is 1. The van der Waals surface area contributed by atoms with Crippen LogP contribution >= 0.6 is 11.3 Å². The molecule has 0 saturated carbocycles. The number of carbonyl (C=O) groups is 1. The molecule has 8 heteroatoms. The molecule has 1 heterocycles. The normalized spacial score (nSPS) is 11.8. The Bertz CT molecular complexity index is 1020. The minimum atomic E-state index is -0.529. The van der Waals surface area contributed by atoms with Crippen molar-refractivity contribution in [3.05, 3.63) is 69.0 Å². The van der Waals surface area contributed by atoms with E-state index < -0.39 is 10.8 Å². The van der Waals surface area contributed by atoms with Crippen molar-refractivity contribution >= 4 is 33.1 Å². The zero-order chi connectivity index (χ0) is 18.5. The van der Waals surface area contributed by atoms with Gasteiger partial charge in [-0.1, -0.05) is 29.5 Å². The molecule has 26 heavy (non-hydrogen) atoms. The number of rotatable bonds is 6. The van der Waals surface area contributed by atoms with E-state index in [1.807, 2.05) is 35.8 Å². The van der Waals surface area contributed by atoms with E-state index >= 15 is 0 Å². The van der Waals surface area contributed by atoms with E-state index in [0.717, 1.165) is 10.2 Å². The van der Waals surface area contributed by atoms with E-state index in [1.54, 1.807) is 0 Å². The summed E-state index contributed by atoms with van der Waals surface area (Å²) in [7, 11) is 0. The summed E-state index contributed by atoms with van der Waals surface area (Å²) in [5.41, 5.74) is 1.03. The number of amides is 1. The summed E-state index contributed by atoms with van der Waals surface area (Å²) >= 11 is 1.40. The third kappa shape index (κ3) is 3.87. The average molecular weight is 371 g/mol. The molecule has 3 rings (SSSR count). The standard InChI is InChI=1S/C18H17N3O4S/c1-2-25-11-10-20-15-8-3-4-9-16(15)26-18(20)19-17(22)13-6-5-7-14(12-13)21(23)24/h3-9,12H,2,10-11H2,1H3. The minimum absolute atomic E-state index is 0.133. The number of benzene rings is 2. The van der Waals surface area contributed by atoms with Crippen molar-refractivity contribution in [1.82, 2.24) is 4.57 Å². The Morgan fingerprint density at radius 3 is 2.85 bits per heavy atom. The number of thiazole rings is 1. The summed E-state index contributed by atoms with van der Waals surface area (Å²) < 4.78 is 8.37. The van der Waals surface area contributed by atoms with Gasteiger partial charge in [0.1, 0.15) is 0 Å². The number of carbonyl (C=O) groups excluding carboxylic acids is 1. The van der Waals surface area contributed by atoms with Crippen LogP contribution in [0.2, 0.25) is 0 Å². The number of nitro benzene ring substituents is 1. The number of nitrogens with zero attached hydrogens (tertiary/aromatic N) is 3. The van der Waals surface area contributed by atoms with Gasteiger partial charge in [0.25, 0.3) is 11.6 Å². The molecule has 0 aliphatic rings. The number of aromatic nitrogens is 1. The molecule has 0 unspecified atom stereocenters. The van der Waals surface area contributed by atoms with Crippen molar-refractivity contribution in [3.63, 3.8) is 0 Å². The van der Waals surface area contributed by atoms with E-state index in [1.165, 1.54) is 35.6 Å². The van der Waals surface area contributed by atoms with E-state index in [2.05, 4.69) is 4.99 Å². The molecule has 0 spiro atoms. The van der Waals surface area contributed by atoms with Crippen LogP contribution in [-0.4, -0.2) is 28.6 Å². The zero-order valence-corrected chi connectivity index (χ0v) is 14.9. The van der Waals surface area contributed by atoms with Gasteiger partial charge in [-0.05, 0) is 25.1 Å². The molecular formula is C18H17N3O4S. The van der Waals surface area contributed by atoms with Gasteiger partial charge in [0, 0.05) is 30.8 Å². The molecule has 0 saturated heterocycles. The van der Waals surface area contributed by atoms with Crippen molar-refractivity contribution in [2.45, 2.75) is 13.5 Å². The Hall–Kier alpha value is -2.84. The second-order valence-electron chi connectivity index (χ2n) is 5.43. The first-order valence-corrected chi connectivity index (χ1v) is 8.91. The first-order chi connectivity index (χ1) is 12.6. The van der Waals surface area contributed by atoms with E-state index in [4.69, 9.17) is 4.74 Å². The fraction of sp³-hybridized carbons (Fsp3) is 0.222. The summed E-state index contributed by atoms with van der Waals surface area (Å²) in [4.78, 5) is 27.6. The van der Waals surface area contributed by atoms with Gasteiger partial charge in [-0.2, -0.15) is 4.99 Å². The molecular weight excluding hydrogens is 354 g/mol. The predicted octanol–water partition coefficient (Wildman–Crippen LogP) is 3.39. The molecule has 1 aromatic heterocycles. The number of nitro groups is 1. The van der Waals surface area contributed by atoms with Gasteiger partial charge in [-0.3, -0.25) is 14.9 Å². The molecule has 0 atom stereocenters. The highest BCUT2D eigenvalue weighted by Crippen LogP contribution is 2.17. The number of ether oxygens (including phenoxy) is 1. The molecule has 1 amide bonds. The quantitative estimate of drug-likeness (QED) is 0.377. The zero-order valence-electron chi connectivity index (χ0n) is 14.1. The second-order valence-corrected chi connectivity index (χ2v) is 6.43. The maximum atomic E-state index is 12.5. The van der Waals surface area contributed by atoms with Crippen LogP contribution in [0.15, 0.2) is 53.5 Å². The molecule has 0 fully saturated rings. The average Bonchev–Trinajstić information content (AvgIpc) is 2.99. The Morgan fingerprint density at radius 2 is 2.08 bits per heavy atom. The van der Waals surface area contributed by atoms with Crippen molar-refractivity contribution in [2.24, 2.45) is 4.99 Å². The van der Waals surface area contributed by atoms with E-state index in [9.17, 15) is 14.9 Å². The van der Waals surface area contributed by atoms with Gasteiger partial charge < -0.3 is 9.30 Å². The van der Waals surface area contributed by atoms with E-state index in [-0.39, 0.29) is 11.3 Å². The van der Waals surface area contributed by atoms with Crippen LogP contribution in [0, 0.1) is 10.1 Å². The van der Waals surface area contributed by atoms with Crippen LogP contribution in [0.3, 0.4) is 0 Å². The maximum absolute atomic E-state index is 12.5.